The van der Waals surface area contributed by atoms with Crippen molar-refractivity contribution in [2.75, 3.05) is 13.1 Å². The van der Waals surface area contributed by atoms with Crippen LogP contribution in [0.3, 0.4) is 0 Å². The van der Waals surface area contributed by atoms with Crippen LogP contribution in [0.15, 0.2) is 22.9 Å². The van der Waals surface area contributed by atoms with E-state index in [2.05, 4.69) is 64.9 Å². The van der Waals surface area contributed by atoms with Crippen molar-refractivity contribution in [3.8, 4) is 0 Å². The standard InChI is InChI=1S/C17H28BrN3/c1-5-13(3)16-11-21(17(4,6-2)12-20-16)10-14-7-15(18)9-19-8-14/h7-9,13,16,20H,5-6,10-12H2,1-4H3. The molecule has 0 radical (unpaired) electrons. The molecule has 3 nitrogen and oxygen atoms in total. The molecule has 0 spiro atoms. The van der Waals surface area contributed by atoms with Gasteiger partial charge in [0.2, 0.25) is 0 Å². The largest absolute Gasteiger partial charge is 0.311 e. The zero-order chi connectivity index (χ0) is 15.5. The van der Waals surface area contributed by atoms with Crippen molar-refractivity contribution in [1.29, 1.82) is 0 Å². The second-order valence-electron chi connectivity index (χ2n) is 6.62. The van der Waals surface area contributed by atoms with Crippen molar-refractivity contribution in [2.24, 2.45) is 5.92 Å². The molecule has 0 amide bonds. The average Bonchev–Trinajstić information content (AvgIpc) is 2.49. The molecule has 1 aromatic heterocycles. The lowest BCUT2D eigenvalue weighted by molar-refractivity contribution is 0.0293. The van der Waals surface area contributed by atoms with Crippen molar-refractivity contribution in [2.45, 2.75) is 58.7 Å². The predicted molar refractivity (Wildman–Crippen MR) is 92.3 cm³/mol. The van der Waals surface area contributed by atoms with Gasteiger partial charge >= 0.3 is 0 Å². The highest BCUT2D eigenvalue weighted by Gasteiger charge is 2.37. The topological polar surface area (TPSA) is 28.2 Å². The molecule has 0 saturated carbocycles. The summed E-state index contributed by atoms with van der Waals surface area (Å²) in [6.45, 7) is 12.5. The smallest absolute Gasteiger partial charge is 0.0410 e. The first-order chi connectivity index (χ1) is 9.98. The molecule has 0 aromatic carbocycles. The van der Waals surface area contributed by atoms with Gasteiger partial charge in [0.1, 0.15) is 0 Å². The van der Waals surface area contributed by atoms with Crippen LogP contribution in [0.4, 0.5) is 0 Å². The number of nitrogens with one attached hydrogen (secondary N) is 1. The van der Waals surface area contributed by atoms with Crippen LogP contribution < -0.4 is 5.32 Å². The number of aromatic nitrogens is 1. The van der Waals surface area contributed by atoms with Gasteiger partial charge in [-0.3, -0.25) is 9.88 Å². The molecule has 118 valence electrons. The van der Waals surface area contributed by atoms with Gasteiger partial charge in [-0.15, -0.1) is 0 Å². The number of piperazine rings is 1. The number of halogens is 1. The van der Waals surface area contributed by atoms with Crippen molar-refractivity contribution in [3.05, 3.63) is 28.5 Å². The first-order valence-corrected chi connectivity index (χ1v) is 8.85. The van der Waals surface area contributed by atoms with E-state index in [1.165, 1.54) is 12.0 Å². The Morgan fingerprint density at radius 3 is 2.86 bits per heavy atom. The highest BCUT2D eigenvalue weighted by molar-refractivity contribution is 9.10. The minimum atomic E-state index is 0.228. The Hall–Kier alpha value is -0.450. The lowest BCUT2D eigenvalue weighted by Gasteiger charge is -2.49. The van der Waals surface area contributed by atoms with E-state index in [0.717, 1.165) is 36.4 Å². The lowest BCUT2D eigenvalue weighted by atomic mass is 9.87. The fourth-order valence-corrected chi connectivity index (χ4v) is 3.43. The van der Waals surface area contributed by atoms with Crippen LogP contribution in [-0.2, 0) is 6.54 Å². The fraction of sp³-hybridized carbons (Fsp3) is 0.706. The number of pyridine rings is 1. The minimum Gasteiger partial charge on any atom is -0.311 e. The second kappa shape index (κ2) is 7.21. The van der Waals surface area contributed by atoms with E-state index < -0.39 is 0 Å². The molecule has 1 aliphatic heterocycles. The predicted octanol–water partition coefficient (Wildman–Crippen LogP) is 3.83. The summed E-state index contributed by atoms with van der Waals surface area (Å²) in [5, 5.41) is 3.77. The maximum atomic E-state index is 4.30. The summed E-state index contributed by atoms with van der Waals surface area (Å²) in [6, 6.07) is 2.78. The van der Waals surface area contributed by atoms with E-state index in [-0.39, 0.29) is 5.54 Å². The van der Waals surface area contributed by atoms with Gasteiger partial charge in [-0.25, -0.2) is 0 Å². The van der Waals surface area contributed by atoms with Gasteiger partial charge in [-0.1, -0.05) is 27.2 Å². The van der Waals surface area contributed by atoms with Gasteiger partial charge < -0.3 is 5.32 Å². The monoisotopic (exact) mass is 353 g/mol. The Bertz CT molecular complexity index is 465. The normalized spacial score (nSPS) is 28.5. The third-order valence-corrected chi connectivity index (χ3v) is 5.59. The first kappa shape index (κ1) is 16.9. The van der Waals surface area contributed by atoms with Gasteiger partial charge in [0.05, 0.1) is 0 Å². The maximum Gasteiger partial charge on any atom is 0.0410 e. The number of hydrogen-bond acceptors (Lipinski definition) is 3. The molecule has 0 bridgehead atoms. The van der Waals surface area contributed by atoms with Gasteiger partial charge in [-0.2, -0.15) is 0 Å². The van der Waals surface area contributed by atoms with Crippen LogP contribution in [-0.4, -0.2) is 34.6 Å². The fourth-order valence-electron chi connectivity index (χ4n) is 3.02. The molecule has 0 aliphatic carbocycles. The molecule has 1 aromatic rings. The summed E-state index contributed by atoms with van der Waals surface area (Å²) >= 11 is 3.53. The zero-order valence-electron chi connectivity index (χ0n) is 13.7. The average molecular weight is 354 g/mol. The molecular formula is C17H28BrN3. The van der Waals surface area contributed by atoms with Crippen molar-refractivity contribution in [3.63, 3.8) is 0 Å². The third-order valence-electron chi connectivity index (χ3n) is 5.15. The number of hydrogen-bond donors (Lipinski definition) is 1. The van der Waals surface area contributed by atoms with Crippen molar-refractivity contribution >= 4 is 15.9 Å². The van der Waals surface area contributed by atoms with Crippen LogP contribution in [0.1, 0.15) is 46.1 Å². The van der Waals surface area contributed by atoms with Gasteiger partial charge in [0.15, 0.2) is 0 Å². The lowest BCUT2D eigenvalue weighted by Crippen LogP contribution is -2.63. The van der Waals surface area contributed by atoms with Crippen LogP contribution in [0.2, 0.25) is 0 Å². The van der Waals surface area contributed by atoms with Crippen LogP contribution in [0, 0.1) is 5.92 Å². The summed E-state index contributed by atoms with van der Waals surface area (Å²) in [5.74, 6) is 0.717. The Labute approximate surface area is 137 Å². The SMILES string of the molecule is CCC(C)C1CN(Cc2cncc(Br)c2)C(C)(CC)CN1. The molecule has 3 unspecified atom stereocenters. The molecular weight excluding hydrogens is 326 g/mol. The minimum absolute atomic E-state index is 0.228. The highest BCUT2D eigenvalue weighted by atomic mass is 79.9. The zero-order valence-corrected chi connectivity index (χ0v) is 15.3. The highest BCUT2D eigenvalue weighted by Crippen LogP contribution is 2.27. The Balaban J connectivity index is 2.14. The third kappa shape index (κ3) is 4.05. The Morgan fingerprint density at radius 1 is 1.48 bits per heavy atom. The van der Waals surface area contributed by atoms with E-state index in [4.69, 9.17) is 0 Å². The molecule has 1 N–H and O–H groups in total. The quantitative estimate of drug-likeness (QED) is 0.871. The summed E-state index contributed by atoms with van der Waals surface area (Å²) < 4.78 is 1.06. The number of nitrogens with zero attached hydrogens (tertiary/aromatic N) is 2. The molecule has 3 atom stereocenters. The molecule has 2 heterocycles. The van der Waals surface area contributed by atoms with E-state index in [1.54, 1.807) is 0 Å². The molecule has 21 heavy (non-hydrogen) atoms. The molecule has 4 heteroatoms. The van der Waals surface area contributed by atoms with Gasteiger partial charge in [0, 0.05) is 48.1 Å². The van der Waals surface area contributed by atoms with Crippen molar-refractivity contribution in [1.82, 2.24) is 15.2 Å². The summed E-state index contributed by atoms with van der Waals surface area (Å²) in [6.07, 6.45) is 6.23. The van der Waals surface area contributed by atoms with E-state index >= 15 is 0 Å². The maximum absolute atomic E-state index is 4.30. The van der Waals surface area contributed by atoms with E-state index in [0.29, 0.717) is 6.04 Å². The number of rotatable bonds is 5. The Morgan fingerprint density at radius 2 is 2.24 bits per heavy atom. The Kier molecular flexibility index (Phi) is 5.81. The second-order valence-corrected chi connectivity index (χ2v) is 7.53. The van der Waals surface area contributed by atoms with Crippen LogP contribution >= 0.6 is 15.9 Å². The summed E-state index contributed by atoms with van der Waals surface area (Å²) in [5.41, 5.74) is 1.51. The van der Waals surface area contributed by atoms with Crippen LogP contribution in [0.5, 0.6) is 0 Å². The van der Waals surface area contributed by atoms with E-state index in [9.17, 15) is 0 Å². The van der Waals surface area contributed by atoms with E-state index in [1.807, 2.05) is 12.4 Å². The van der Waals surface area contributed by atoms with Crippen molar-refractivity contribution < 1.29 is 0 Å². The summed E-state index contributed by atoms with van der Waals surface area (Å²) in [4.78, 5) is 6.95. The van der Waals surface area contributed by atoms with Crippen LogP contribution in [0.25, 0.3) is 0 Å². The molecule has 1 fully saturated rings. The van der Waals surface area contributed by atoms with Gasteiger partial charge in [-0.05, 0) is 46.8 Å². The van der Waals surface area contributed by atoms with Gasteiger partial charge in [0.25, 0.3) is 0 Å². The first-order valence-electron chi connectivity index (χ1n) is 8.06. The molecule has 2 rings (SSSR count). The summed E-state index contributed by atoms with van der Waals surface area (Å²) in [7, 11) is 0. The molecule has 1 aliphatic rings. The molecule has 1 saturated heterocycles.